The van der Waals surface area contributed by atoms with E-state index in [1.54, 1.807) is 24.3 Å². The van der Waals surface area contributed by atoms with Crippen molar-refractivity contribution in [3.8, 4) is 11.5 Å². The van der Waals surface area contributed by atoms with Gasteiger partial charge < -0.3 is 14.8 Å². The van der Waals surface area contributed by atoms with E-state index in [2.05, 4.69) is 10.1 Å². The van der Waals surface area contributed by atoms with Crippen molar-refractivity contribution < 1.29 is 27.4 Å². The molecule has 0 saturated carbocycles. The number of nitrogens with one attached hydrogen (secondary N) is 1. The number of rotatable bonds is 5. The summed E-state index contributed by atoms with van der Waals surface area (Å²) in [5.41, 5.74) is 0.309. The van der Waals surface area contributed by atoms with Crippen molar-refractivity contribution in [2.45, 2.75) is 19.4 Å². The summed E-state index contributed by atoms with van der Waals surface area (Å²) in [5, 5.41) is 2.89. The second-order valence-electron chi connectivity index (χ2n) is 4.75. The molecule has 2 rings (SSSR count). The van der Waals surface area contributed by atoms with Crippen LogP contribution in [0.5, 0.6) is 11.5 Å². The van der Waals surface area contributed by atoms with Crippen LogP contribution >= 0.6 is 11.6 Å². The molecule has 2 aromatic carbocycles. The number of ether oxygens (including phenoxy) is 2. The smallest absolute Gasteiger partial charge is 0.479 e. The molecule has 128 valence electrons. The zero-order valence-corrected chi connectivity index (χ0v) is 13.2. The number of anilines is 1. The molecule has 8 heteroatoms. The Morgan fingerprint density at radius 3 is 2.33 bits per heavy atom. The lowest BCUT2D eigenvalue weighted by Crippen LogP contribution is -2.30. The van der Waals surface area contributed by atoms with E-state index in [0.717, 1.165) is 12.1 Å². The Bertz CT molecular complexity index is 704. The lowest BCUT2D eigenvalue weighted by molar-refractivity contribution is -0.274. The Morgan fingerprint density at radius 1 is 1.12 bits per heavy atom. The molecule has 0 saturated heterocycles. The van der Waals surface area contributed by atoms with E-state index < -0.39 is 18.4 Å². The van der Waals surface area contributed by atoms with Gasteiger partial charge in [0.1, 0.15) is 11.5 Å². The summed E-state index contributed by atoms with van der Waals surface area (Å²) < 4.78 is 45.4. The first kappa shape index (κ1) is 17.9. The van der Waals surface area contributed by atoms with Crippen molar-refractivity contribution in [3.63, 3.8) is 0 Å². The van der Waals surface area contributed by atoms with Crippen molar-refractivity contribution in [3.05, 3.63) is 53.6 Å². The van der Waals surface area contributed by atoms with E-state index in [-0.39, 0.29) is 5.75 Å². The summed E-state index contributed by atoms with van der Waals surface area (Å²) in [6.45, 7) is 1.53. The first-order valence-corrected chi connectivity index (χ1v) is 7.20. The first-order valence-electron chi connectivity index (χ1n) is 6.82. The summed E-state index contributed by atoms with van der Waals surface area (Å²) in [6.07, 6.45) is -5.61. The lowest BCUT2D eigenvalue weighted by Gasteiger charge is -2.16. The zero-order chi connectivity index (χ0) is 17.7. The molecule has 1 N–H and O–H groups in total. The fraction of sp³-hybridized carbons (Fsp3) is 0.188. The molecular weight excluding hydrogens is 347 g/mol. The van der Waals surface area contributed by atoms with Crippen LogP contribution < -0.4 is 14.8 Å². The Balaban J connectivity index is 1.95. The second kappa shape index (κ2) is 7.44. The number of carbonyl (C=O) groups excluding carboxylic acids is 1. The molecule has 0 fully saturated rings. The molecule has 0 aromatic heterocycles. The van der Waals surface area contributed by atoms with Crippen LogP contribution in [0.15, 0.2) is 48.5 Å². The van der Waals surface area contributed by atoms with Crippen LogP contribution in [0.1, 0.15) is 6.92 Å². The van der Waals surface area contributed by atoms with Gasteiger partial charge in [-0.3, -0.25) is 4.79 Å². The molecule has 1 unspecified atom stereocenters. The van der Waals surface area contributed by atoms with E-state index >= 15 is 0 Å². The minimum Gasteiger partial charge on any atom is -0.479 e. The van der Waals surface area contributed by atoms with Crippen LogP contribution in [0, 0.1) is 0 Å². The minimum absolute atomic E-state index is 0.309. The predicted octanol–water partition coefficient (Wildman–Crippen LogP) is 4.64. The van der Waals surface area contributed by atoms with E-state index in [9.17, 15) is 18.0 Å². The normalized spacial score (nSPS) is 12.4. The molecule has 1 amide bonds. The Kier molecular flexibility index (Phi) is 5.56. The average Bonchev–Trinajstić information content (AvgIpc) is 2.50. The van der Waals surface area contributed by atoms with Crippen LogP contribution in [0.25, 0.3) is 0 Å². The van der Waals surface area contributed by atoms with Gasteiger partial charge in [0, 0.05) is 5.69 Å². The molecule has 0 aliphatic carbocycles. The Hall–Kier alpha value is -2.41. The van der Waals surface area contributed by atoms with Gasteiger partial charge in [-0.2, -0.15) is 0 Å². The second-order valence-corrected chi connectivity index (χ2v) is 5.16. The molecule has 0 heterocycles. The van der Waals surface area contributed by atoms with Crippen LogP contribution in [-0.2, 0) is 4.79 Å². The molecule has 0 aliphatic heterocycles. The summed E-state index contributed by atoms with van der Waals surface area (Å²) in [7, 11) is 0. The number of hydrogen-bond acceptors (Lipinski definition) is 3. The van der Waals surface area contributed by atoms with E-state index in [0.29, 0.717) is 16.5 Å². The fourth-order valence-electron chi connectivity index (χ4n) is 1.77. The molecule has 0 aliphatic rings. The largest absolute Gasteiger partial charge is 0.573 e. The maximum absolute atomic E-state index is 12.1. The molecule has 1 atom stereocenters. The molecular formula is C16H13ClF3NO3. The number of para-hydroxylation sites is 1. The highest BCUT2D eigenvalue weighted by molar-refractivity contribution is 6.32. The Morgan fingerprint density at radius 2 is 1.75 bits per heavy atom. The topological polar surface area (TPSA) is 47.6 Å². The van der Waals surface area contributed by atoms with E-state index in [1.807, 2.05) is 0 Å². The van der Waals surface area contributed by atoms with Gasteiger partial charge in [0.05, 0.1) is 5.02 Å². The molecule has 2 aromatic rings. The highest BCUT2D eigenvalue weighted by Gasteiger charge is 2.31. The minimum atomic E-state index is -4.76. The number of carbonyl (C=O) groups is 1. The number of benzene rings is 2. The van der Waals surface area contributed by atoms with Gasteiger partial charge in [0.2, 0.25) is 0 Å². The van der Waals surface area contributed by atoms with E-state index in [4.69, 9.17) is 16.3 Å². The van der Waals surface area contributed by atoms with Crippen molar-refractivity contribution in [1.29, 1.82) is 0 Å². The van der Waals surface area contributed by atoms with Gasteiger partial charge in [-0.1, -0.05) is 23.7 Å². The van der Waals surface area contributed by atoms with Gasteiger partial charge in [-0.25, -0.2) is 0 Å². The number of alkyl halides is 3. The molecule has 0 bridgehead atoms. The molecule has 0 radical (unpaired) electrons. The number of halogens is 4. The van der Waals surface area contributed by atoms with Crippen LogP contribution in [0.3, 0.4) is 0 Å². The lowest BCUT2D eigenvalue weighted by atomic mass is 10.2. The van der Waals surface area contributed by atoms with Gasteiger partial charge in [0.25, 0.3) is 5.91 Å². The average molecular weight is 360 g/mol. The van der Waals surface area contributed by atoms with Gasteiger partial charge >= 0.3 is 6.36 Å². The third-order valence-electron chi connectivity index (χ3n) is 2.87. The van der Waals surface area contributed by atoms with Crippen molar-refractivity contribution in [2.75, 3.05) is 5.32 Å². The number of amides is 1. The highest BCUT2D eigenvalue weighted by Crippen LogP contribution is 2.25. The number of hydrogen-bond donors (Lipinski definition) is 1. The summed E-state index contributed by atoms with van der Waals surface area (Å²) >= 11 is 5.94. The van der Waals surface area contributed by atoms with Crippen molar-refractivity contribution in [1.82, 2.24) is 0 Å². The maximum Gasteiger partial charge on any atom is 0.573 e. The summed E-state index contributed by atoms with van der Waals surface area (Å²) in [6, 6.07) is 11.5. The third-order valence-corrected chi connectivity index (χ3v) is 3.18. The van der Waals surface area contributed by atoms with Crippen LogP contribution in [-0.4, -0.2) is 18.4 Å². The Labute approximate surface area is 141 Å². The third kappa shape index (κ3) is 5.34. The molecule has 0 spiro atoms. The molecule has 24 heavy (non-hydrogen) atoms. The monoisotopic (exact) mass is 359 g/mol. The van der Waals surface area contributed by atoms with Gasteiger partial charge in [-0.15, -0.1) is 13.2 Å². The van der Waals surface area contributed by atoms with Crippen molar-refractivity contribution in [2.24, 2.45) is 0 Å². The van der Waals surface area contributed by atoms with Crippen LogP contribution in [0.2, 0.25) is 5.02 Å². The van der Waals surface area contributed by atoms with Gasteiger partial charge in [0.15, 0.2) is 6.10 Å². The van der Waals surface area contributed by atoms with Gasteiger partial charge in [-0.05, 0) is 43.3 Å². The summed E-state index contributed by atoms with van der Waals surface area (Å²) in [5.74, 6) is -0.490. The standard InChI is InChI=1S/C16H13ClF3NO3/c1-10(23-14-5-3-2-4-13(14)17)15(22)21-11-6-8-12(9-7-11)24-16(18,19)20/h2-10H,1H3,(H,21,22). The van der Waals surface area contributed by atoms with Crippen molar-refractivity contribution >= 4 is 23.2 Å². The maximum atomic E-state index is 12.1. The van der Waals surface area contributed by atoms with E-state index in [1.165, 1.54) is 19.1 Å². The first-order chi connectivity index (χ1) is 11.2. The highest BCUT2D eigenvalue weighted by atomic mass is 35.5. The fourth-order valence-corrected chi connectivity index (χ4v) is 1.95. The van der Waals surface area contributed by atoms with Crippen LogP contribution in [0.4, 0.5) is 18.9 Å². The quantitative estimate of drug-likeness (QED) is 0.845. The SMILES string of the molecule is CC(Oc1ccccc1Cl)C(=O)Nc1ccc(OC(F)(F)F)cc1. The predicted molar refractivity (Wildman–Crippen MR) is 83.3 cm³/mol. The summed E-state index contributed by atoms with van der Waals surface area (Å²) in [4.78, 5) is 12.1. The zero-order valence-electron chi connectivity index (χ0n) is 12.4. The molecule has 4 nitrogen and oxygen atoms in total.